The molecular weight excluding hydrogens is 357 g/mol. The second kappa shape index (κ2) is 5.93. The van der Waals surface area contributed by atoms with Gasteiger partial charge in [0, 0.05) is 22.7 Å². The summed E-state index contributed by atoms with van der Waals surface area (Å²) in [6.45, 7) is 3.55. The molecule has 0 aliphatic rings. The summed E-state index contributed by atoms with van der Waals surface area (Å²) >= 11 is 5.99. The first-order valence-electron chi connectivity index (χ1n) is 6.96. The highest BCUT2D eigenvalue weighted by Gasteiger charge is 2.32. The van der Waals surface area contributed by atoms with Gasteiger partial charge in [-0.1, -0.05) is 36.4 Å². The lowest BCUT2D eigenvalue weighted by Crippen LogP contribution is -2.06. The Kier molecular flexibility index (Phi) is 4.04. The van der Waals surface area contributed by atoms with Crippen LogP contribution in [0.25, 0.3) is 27.9 Å². The van der Waals surface area contributed by atoms with Crippen LogP contribution in [0.2, 0.25) is 5.02 Å². The molecule has 0 amide bonds. The van der Waals surface area contributed by atoms with Gasteiger partial charge in [-0.2, -0.15) is 13.2 Å². The molecule has 0 saturated carbocycles. The third-order valence-electron chi connectivity index (χ3n) is 3.67. The second-order valence-corrected chi connectivity index (χ2v) is 5.66. The van der Waals surface area contributed by atoms with Crippen LogP contribution >= 0.6 is 11.6 Å². The van der Waals surface area contributed by atoms with Crippen molar-refractivity contribution in [3.05, 3.63) is 59.3 Å². The fourth-order valence-electron chi connectivity index (χ4n) is 2.52. The number of para-hydroxylation sites is 1. The van der Waals surface area contributed by atoms with E-state index in [1.165, 1.54) is 0 Å². The van der Waals surface area contributed by atoms with Gasteiger partial charge in [0.2, 0.25) is 0 Å². The van der Waals surface area contributed by atoms with E-state index in [9.17, 15) is 23.1 Å². The van der Waals surface area contributed by atoms with Crippen LogP contribution in [-0.4, -0.2) is 21.0 Å². The van der Waals surface area contributed by atoms with Crippen molar-refractivity contribution in [2.75, 3.05) is 0 Å². The number of nitrogens with zero attached hydrogens (tertiary/aromatic N) is 1. The molecule has 0 bridgehead atoms. The third kappa shape index (κ3) is 2.98. The highest BCUT2D eigenvalue weighted by atomic mass is 35.5. The summed E-state index contributed by atoms with van der Waals surface area (Å²) < 4.78 is 38.4. The zero-order chi connectivity index (χ0) is 18.4. The minimum atomic E-state index is -4.58. The molecule has 0 aliphatic carbocycles. The van der Waals surface area contributed by atoms with Crippen molar-refractivity contribution in [3.63, 3.8) is 0 Å². The number of aliphatic carboxylic acids is 1. The Morgan fingerprint density at radius 1 is 1.28 bits per heavy atom. The van der Waals surface area contributed by atoms with Crippen molar-refractivity contribution in [1.82, 2.24) is 9.97 Å². The molecule has 0 saturated heterocycles. The molecule has 0 spiro atoms. The lowest BCUT2D eigenvalue weighted by atomic mass is 10.0. The Labute approximate surface area is 144 Å². The fourth-order valence-corrected chi connectivity index (χ4v) is 2.78. The first-order valence-corrected chi connectivity index (χ1v) is 7.34. The monoisotopic (exact) mass is 366 g/mol. The molecule has 0 aliphatic heterocycles. The Morgan fingerprint density at radius 2 is 1.96 bits per heavy atom. The van der Waals surface area contributed by atoms with Gasteiger partial charge in [0.25, 0.3) is 0 Å². The number of aromatic nitrogens is 2. The molecule has 0 fully saturated rings. The maximum Gasteiger partial charge on any atom is 0.417 e. The zero-order valence-electron chi connectivity index (χ0n) is 12.5. The van der Waals surface area contributed by atoms with E-state index in [2.05, 4.69) is 16.5 Å². The lowest BCUT2D eigenvalue weighted by molar-refractivity contribution is -0.137. The first kappa shape index (κ1) is 17.0. The number of hydrogen-bond acceptors (Lipinski definition) is 2. The van der Waals surface area contributed by atoms with E-state index >= 15 is 0 Å². The highest BCUT2D eigenvalue weighted by molar-refractivity contribution is 6.33. The topological polar surface area (TPSA) is 66.0 Å². The molecule has 2 N–H and O–H groups in total. The molecular formula is C17H10ClF3N2O2. The summed E-state index contributed by atoms with van der Waals surface area (Å²) in [6.07, 6.45) is -3.93. The molecule has 3 rings (SSSR count). The normalized spacial score (nSPS) is 11.7. The second-order valence-electron chi connectivity index (χ2n) is 5.26. The number of halogens is 4. The minimum Gasteiger partial charge on any atom is -0.478 e. The van der Waals surface area contributed by atoms with Crippen molar-refractivity contribution in [2.45, 2.75) is 6.18 Å². The van der Waals surface area contributed by atoms with Gasteiger partial charge in [-0.05, 0) is 12.1 Å². The largest absolute Gasteiger partial charge is 0.478 e. The fraction of sp³-hybridized carbons (Fsp3) is 0.0588. The van der Waals surface area contributed by atoms with E-state index in [4.69, 9.17) is 11.6 Å². The lowest BCUT2D eigenvalue weighted by Gasteiger charge is -2.10. The summed E-state index contributed by atoms with van der Waals surface area (Å²) in [4.78, 5) is 18.1. The average Bonchev–Trinajstić information content (AvgIpc) is 2.92. The molecule has 4 nitrogen and oxygen atoms in total. The minimum absolute atomic E-state index is 0.0169. The molecule has 128 valence electrons. The van der Waals surface area contributed by atoms with Crippen LogP contribution in [0.1, 0.15) is 11.1 Å². The zero-order valence-corrected chi connectivity index (χ0v) is 13.2. The van der Waals surface area contributed by atoms with Crippen molar-refractivity contribution in [2.24, 2.45) is 0 Å². The van der Waals surface area contributed by atoms with E-state index in [0.29, 0.717) is 17.1 Å². The molecule has 0 radical (unpaired) electrons. The van der Waals surface area contributed by atoms with Crippen LogP contribution in [0.5, 0.6) is 0 Å². The van der Waals surface area contributed by atoms with E-state index < -0.39 is 17.7 Å². The SMILES string of the molecule is C=C(C(=O)O)c1c(-c2ncc(C(F)(F)F)cc2Cl)[nH]c2ccccc12. The Hall–Kier alpha value is -2.80. The number of rotatable bonds is 3. The summed E-state index contributed by atoms with van der Waals surface area (Å²) in [7, 11) is 0. The van der Waals surface area contributed by atoms with Gasteiger partial charge in [-0.3, -0.25) is 4.98 Å². The van der Waals surface area contributed by atoms with Crippen LogP contribution in [0.3, 0.4) is 0 Å². The predicted octanol–water partition coefficient (Wildman–Crippen LogP) is 5.00. The average molecular weight is 367 g/mol. The van der Waals surface area contributed by atoms with Gasteiger partial charge < -0.3 is 10.1 Å². The maximum atomic E-state index is 12.8. The molecule has 0 unspecified atom stereocenters. The van der Waals surface area contributed by atoms with Crippen LogP contribution in [-0.2, 0) is 11.0 Å². The van der Waals surface area contributed by atoms with Crippen molar-refractivity contribution >= 4 is 34.0 Å². The van der Waals surface area contributed by atoms with Crippen LogP contribution in [0.15, 0.2) is 43.1 Å². The van der Waals surface area contributed by atoms with Crippen molar-refractivity contribution in [1.29, 1.82) is 0 Å². The highest BCUT2D eigenvalue weighted by Crippen LogP contribution is 2.38. The summed E-state index contributed by atoms with van der Waals surface area (Å²) in [5.41, 5.74) is -0.165. The summed E-state index contributed by atoms with van der Waals surface area (Å²) in [5, 5.41) is 9.60. The molecule has 8 heteroatoms. The number of fused-ring (bicyclic) bond motifs is 1. The van der Waals surface area contributed by atoms with Gasteiger partial charge in [0.05, 0.1) is 21.9 Å². The Bertz CT molecular complexity index is 1010. The van der Waals surface area contributed by atoms with Gasteiger partial charge in [-0.25, -0.2) is 4.79 Å². The smallest absolute Gasteiger partial charge is 0.417 e. The number of carboxylic acid groups (broad SMARTS) is 1. The molecule has 2 aromatic heterocycles. The quantitative estimate of drug-likeness (QED) is 0.641. The number of carbonyl (C=O) groups is 1. The number of benzene rings is 1. The number of pyridine rings is 1. The van der Waals surface area contributed by atoms with E-state index in [1.54, 1.807) is 24.3 Å². The van der Waals surface area contributed by atoms with Gasteiger partial charge in [0.1, 0.15) is 5.69 Å². The number of carboxylic acids is 1. The number of H-pyrrole nitrogens is 1. The van der Waals surface area contributed by atoms with Gasteiger partial charge in [0.15, 0.2) is 0 Å². The van der Waals surface area contributed by atoms with Crippen LogP contribution < -0.4 is 0 Å². The first-order chi connectivity index (χ1) is 11.7. The van der Waals surface area contributed by atoms with E-state index in [0.717, 1.165) is 6.07 Å². The van der Waals surface area contributed by atoms with Gasteiger partial charge in [-0.15, -0.1) is 0 Å². The predicted molar refractivity (Wildman–Crippen MR) is 88.2 cm³/mol. The standard InChI is InChI=1S/C17H10ClF3N2O2/c1-8(16(24)25)13-10-4-2-3-5-12(10)23-15(13)14-11(18)6-9(7-22-14)17(19,20)21/h2-7,23H,1H2,(H,24,25). The van der Waals surface area contributed by atoms with Gasteiger partial charge >= 0.3 is 12.1 Å². The van der Waals surface area contributed by atoms with Crippen LogP contribution in [0.4, 0.5) is 13.2 Å². The molecule has 25 heavy (non-hydrogen) atoms. The Balaban J connectivity index is 2.27. The molecule has 1 aromatic carbocycles. The number of hydrogen-bond donors (Lipinski definition) is 2. The van der Waals surface area contributed by atoms with Crippen molar-refractivity contribution < 1.29 is 23.1 Å². The molecule has 0 atom stereocenters. The molecule has 3 aromatic rings. The number of alkyl halides is 3. The number of aromatic amines is 1. The maximum absolute atomic E-state index is 12.8. The van der Waals surface area contributed by atoms with Crippen molar-refractivity contribution in [3.8, 4) is 11.4 Å². The summed E-state index contributed by atoms with van der Waals surface area (Å²) in [5.74, 6) is -1.26. The Morgan fingerprint density at radius 3 is 2.56 bits per heavy atom. The van der Waals surface area contributed by atoms with Crippen LogP contribution in [0, 0.1) is 0 Å². The third-order valence-corrected chi connectivity index (χ3v) is 3.96. The summed E-state index contributed by atoms with van der Waals surface area (Å²) in [6, 6.07) is 7.58. The van der Waals surface area contributed by atoms with E-state index in [-0.39, 0.29) is 27.5 Å². The number of nitrogens with one attached hydrogen (secondary N) is 1. The van der Waals surface area contributed by atoms with E-state index in [1.807, 2.05) is 0 Å². The molecule has 2 heterocycles.